The van der Waals surface area contributed by atoms with Crippen LogP contribution in [0, 0.1) is 0 Å². The number of benzene rings is 1. The Morgan fingerprint density at radius 3 is 2.71 bits per heavy atom. The average Bonchev–Trinajstić information content (AvgIpc) is 3.22. The van der Waals surface area contributed by atoms with Crippen molar-refractivity contribution >= 4 is 28.5 Å². The van der Waals surface area contributed by atoms with Gasteiger partial charge in [0.25, 0.3) is 0 Å². The second-order valence-corrected chi connectivity index (χ2v) is 7.38. The Morgan fingerprint density at radius 2 is 1.87 bits per heavy atom. The molecule has 5 rings (SSSR count). The van der Waals surface area contributed by atoms with Gasteiger partial charge >= 0.3 is 0 Å². The summed E-state index contributed by atoms with van der Waals surface area (Å²) in [6.07, 6.45) is 5.96. The van der Waals surface area contributed by atoms with Crippen molar-refractivity contribution in [2.45, 2.75) is 6.42 Å². The van der Waals surface area contributed by atoms with Crippen molar-refractivity contribution in [3.8, 4) is 22.8 Å². The van der Waals surface area contributed by atoms with Gasteiger partial charge in [-0.3, -0.25) is 9.97 Å². The van der Waals surface area contributed by atoms with Crippen LogP contribution in [0.5, 0.6) is 0 Å². The second kappa shape index (κ2) is 8.49. The molecule has 2 N–H and O–H groups in total. The van der Waals surface area contributed by atoms with Gasteiger partial charge < -0.3 is 10.3 Å². The van der Waals surface area contributed by atoms with Crippen LogP contribution in [0.2, 0.25) is 5.02 Å². The van der Waals surface area contributed by atoms with E-state index in [1.165, 1.54) is 0 Å². The molecule has 31 heavy (non-hydrogen) atoms. The molecule has 0 spiro atoms. The summed E-state index contributed by atoms with van der Waals surface area (Å²) in [7, 11) is 0. The summed E-state index contributed by atoms with van der Waals surface area (Å²) in [6, 6.07) is 17.1. The Hall–Kier alpha value is -3.84. The Labute approximate surface area is 183 Å². The van der Waals surface area contributed by atoms with Crippen LogP contribution in [0.1, 0.15) is 5.82 Å². The molecule has 4 heterocycles. The summed E-state index contributed by atoms with van der Waals surface area (Å²) in [4.78, 5) is 25.9. The number of anilines is 1. The molecule has 5 aromatic rings. The summed E-state index contributed by atoms with van der Waals surface area (Å²) in [5.41, 5.74) is 4.24. The van der Waals surface area contributed by atoms with E-state index in [9.17, 15) is 0 Å². The first-order chi connectivity index (χ1) is 15.2. The van der Waals surface area contributed by atoms with Crippen LogP contribution >= 0.6 is 11.6 Å². The molecule has 7 nitrogen and oxygen atoms in total. The number of pyridine rings is 2. The largest absolute Gasteiger partial charge is 0.369 e. The first-order valence-corrected chi connectivity index (χ1v) is 10.2. The highest BCUT2D eigenvalue weighted by molar-refractivity contribution is 6.31. The van der Waals surface area contributed by atoms with E-state index >= 15 is 0 Å². The lowest BCUT2D eigenvalue weighted by Gasteiger charge is -2.09. The lowest BCUT2D eigenvalue weighted by molar-refractivity contribution is 0.927. The number of H-pyrrole nitrogens is 1. The fourth-order valence-corrected chi connectivity index (χ4v) is 3.44. The molecule has 0 saturated heterocycles. The van der Waals surface area contributed by atoms with Gasteiger partial charge in [0.1, 0.15) is 17.3 Å². The van der Waals surface area contributed by atoms with Crippen molar-refractivity contribution in [1.29, 1.82) is 0 Å². The van der Waals surface area contributed by atoms with E-state index < -0.39 is 0 Å². The van der Waals surface area contributed by atoms with E-state index in [1.54, 1.807) is 18.6 Å². The van der Waals surface area contributed by atoms with Crippen LogP contribution in [0.3, 0.4) is 0 Å². The number of rotatable bonds is 6. The van der Waals surface area contributed by atoms with Gasteiger partial charge in [0.15, 0.2) is 5.82 Å². The van der Waals surface area contributed by atoms with E-state index in [0.29, 0.717) is 35.3 Å². The Morgan fingerprint density at radius 1 is 0.903 bits per heavy atom. The van der Waals surface area contributed by atoms with Gasteiger partial charge in [-0.05, 0) is 42.5 Å². The molecule has 0 unspecified atom stereocenters. The molecule has 0 amide bonds. The summed E-state index contributed by atoms with van der Waals surface area (Å²) in [5, 5.41) is 4.07. The molecule has 0 saturated carbocycles. The topological polar surface area (TPSA) is 92.3 Å². The number of aromatic nitrogens is 6. The molecule has 0 radical (unpaired) electrons. The van der Waals surface area contributed by atoms with Gasteiger partial charge in [-0.15, -0.1) is 0 Å². The van der Waals surface area contributed by atoms with E-state index in [4.69, 9.17) is 16.6 Å². The highest BCUT2D eigenvalue weighted by atomic mass is 35.5. The molecule has 152 valence electrons. The number of halogens is 1. The van der Waals surface area contributed by atoms with Crippen molar-refractivity contribution in [3.05, 3.63) is 84.0 Å². The number of imidazole rings is 1. The monoisotopic (exact) mass is 427 g/mol. The van der Waals surface area contributed by atoms with Crippen LogP contribution < -0.4 is 5.32 Å². The Kier molecular flexibility index (Phi) is 5.24. The van der Waals surface area contributed by atoms with Crippen LogP contribution in [0.4, 0.5) is 5.82 Å². The standard InChI is InChI=1S/C23H18ClN7/c24-16-6-7-17-20(12-16)29-21(28-17)8-11-27-22-13-19(15-4-3-9-25-14-15)30-23(31-22)18-5-1-2-10-26-18/h1-7,9-10,12-14H,8,11H2,(H,28,29)(H,27,30,31). The van der Waals surface area contributed by atoms with Gasteiger partial charge in [-0.25, -0.2) is 15.0 Å². The summed E-state index contributed by atoms with van der Waals surface area (Å²) >= 11 is 6.06. The Bertz CT molecular complexity index is 1260. The first-order valence-electron chi connectivity index (χ1n) is 9.83. The third-order valence-electron chi connectivity index (χ3n) is 4.74. The van der Waals surface area contributed by atoms with Crippen molar-refractivity contribution in [3.63, 3.8) is 0 Å². The fourth-order valence-electron chi connectivity index (χ4n) is 3.27. The number of nitrogens with one attached hydrogen (secondary N) is 2. The zero-order chi connectivity index (χ0) is 21.0. The minimum atomic E-state index is 0.558. The molecule has 0 atom stereocenters. The smallest absolute Gasteiger partial charge is 0.180 e. The molecular formula is C23H18ClN7. The van der Waals surface area contributed by atoms with E-state index in [2.05, 4.69) is 30.2 Å². The molecule has 0 aliphatic carbocycles. The summed E-state index contributed by atoms with van der Waals surface area (Å²) in [6.45, 7) is 0.651. The molecule has 0 bridgehead atoms. The van der Waals surface area contributed by atoms with Crippen molar-refractivity contribution in [2.24, 2.45) is 0 Å². The highest BCUT2D eigenvalue weighted by Crippen LogP contribution is 2.23. The SMILES string of the molecule is Clc1ccc2nc(CCNc3cc(-c4cccnc4)nc(-c4ccccn4)n3)[nH]c2c1. The maximum Gasteiger partial charge on any atom is 0.180 e. The molecule has 0 aliphatic heterocycles. The molecule has 0 aliphatic rings. The third kappa shape index (κ3) is 4.36. The van der Waals surface area contributed by atoms with Crippen molar-refractivity contribution < 1.29 is 0 Å². The predicted octanol–water partition coefficient (Wildman–Crippen LogP) is 4.78. The minimum absolute atomic E-state index is 0.558. The second-order valence-electron chi connectivity index (χ2n) is 6.94. The number of fused-ring (bicyclic) bond motifs is 1. The lowest BCUT2D eigenvalue weighted by atomic mass is 10.2. The number of nitrogens with zero attached hydrogens (tertiary/aromatic N) is 5. The first kappa shape index (κ1) is 19.1. The fraction of sp³-hybridized carbons (Fsp3) is 0.0870. The maximum absolute atomic E-state index is 6.06. The van der Waals surface area contributed by atoms with E-state index in [0.717, 1.165) is 28.1 Å². The average molecular weight is 428 g/mol. The minimum Gasteiger partial charge on any atom is -0.369 e. The number of aromatic amines is 1. The van der Waals surface area contributed by atoms with E-state index in [-0.39, 0.29) is 0 Å². The van der Waals surface area contributed by atoms with Crippen LogP contribution in [0.15, 0.2) is 73.2 Å². The zero-order valence-corrected chi connectivity index (χ0v) is 17.2. The normalized spacial score (nSPS) is 11.0. The molecule has 1 aromatic carbocycles. The third-order valence-corrected chi connectivity index (χ3v) is 4.97. The van der Waals surface area contributed by atoms with Crippen LogP contribution in [-0.2, 0) is 6.42 Å². The predicted molar refractivity (Wildman–Crippen MR) is 122 cm³/mol. The van der Waals surface area contributed by atoms with Crippen LogP contribution in [-0.4, -0.2) is 36.4 Å². The number of hydrogen-bond donors (Lipinski definition) is 2. The van der Waals surface area contributed by atoms with Crippen LogP contribution in [0.25, 0.3) is 33.8 Å². The van der Waals surface area contributed by atoms with Gasteiger partial charge in [-0.2, -0.15) is 0 Å². The Balaban J connectivity index is 1.39. The highest BCUT2D eigenvalue weighted by Gasteiger charge is 2.10. The summed E-state index contributed by atoms with van der Waals surface area (Å²) < 4.78 is 0. The molecule has 4 aromatic heterocycles. The quantitative estimate of drug-likeness (QED) is 0.405. The van der Waals surface area contributed by atoms with Gasteiger partial charge in [-0.1, -0.05) is 17.7 Å². The summed E-state index contributed by atoms with van der Waals surface area (Å²) in [5.74, 6) is 2.16. The van der Waals surface area contributed by atoms with E-state index in [1.807, 2.05) is 54.6 Å². The molecular weight excluding hydrogens is 410 g/mol. The zero-order valence-electron chi connectivity index (χ0n) is 16.5. The molecule has 0 fully saturated rings. The van der Waals surface area contributed by atoms with Crippen molar-refractivity contribution in [2.75, 3.05) is 11.9 Å². The van der Waals surface area contributed by atoms with Crippen molar-refractivity contribution in [1.82, 2.24) is 29.9 Å². The number of hydrogen-bond acceptors (Lipinski definition) is 6. The van der Waals surface area contributed by atoms with Gasteiger partial charge in [0, 0.05) is 48.2 Å². The molecule has 8 heteroatoms. The lowest BCUT2D eigenvalue weighted by Crippen LogP contribution is -2.09. The maximum atomic E-state index is 6.06. The van der Waals surface area contributed by atoms with Gasteiger partial charge in [0.2, 0.25) is 0 Å². The van der Waals surface area contributed by atoms with Gasteiger partial charge in [0.05, 0.1) is 16.7 Å².